The SMILES string of the molecule is CC(C)(C)OC(=O)N1C[C@H](CC(F)F)[C@@H](N)C1. The van der Waals surface area contributed by atoms with E-state index in [9.17, 15) is 13.6 Å². The summed E-state index contributed by atoms with van der Waals surface area (Å²) >= 11 is 0. The van der Waals surface area contributed by atoms with E-state index >= 15 is 0 Å². The lowest BCUT2D eigenvalue weighted by molar-refractivity contribution is 0.0278. The van der Waals surface area contributed by atoms with E-state index in [0.29, 0.717) is 0 Å². The van der Waals surface area contributed by atoms with E-state index in [-0.39, 0.29) is 25.4 Å². The Bertz CT molecular complexity index is 279. The predicted octanol–water partition coefficient (Wildman–Crippen LogP) is 1.84. The Hall–Kier alpha value is -0.910. The molecule has 1 aliphatic rings. The maximum absolute atomic E-state index is 12.3. The third-order valence-corrected chi connectivity index (χ3v) is 2.62. The smallest absolute Gasteiger partial charge is 0.410 e. The van der Waals surface area contributed by atoms with Crippen molar-refractivity contribution in [2.24, 2.45) is 11.7 Å². The highest BCUT2D eigenvalue weighted by Crippen LogP contribution is 2.23. The summed E-state index contributed by atoms with van der Waals surface area (Å²) in [5.41, 5.74) is 5.16. The number of carbonyl (C=O) groups is 1. The van der Waals surface area contributed by atoms with Gasteiger partial charge in [-0.05, 0) is 26.7 Å². The largest absolute Gasteiger partial charge is 0.444 e. The van der Waals surface area contributed by atoms with Gasteiger partial charge in [-0.3, -0.25) is 0 Å². The van der Waals surface area contributed by atoms with E-state index in [2.05, 4.69) is 0 Å². The zero-order valence-electron chi connectivity index (χ0n) is 10.5. The van der Waals surface area contributed by atoms with Gasteiger partial charge in [-0.2, -0.15) is 0 Å². The topological polar surface area (TPSA) is 55.6 Å². The summed E-state index contributed by atoms with van der Waals surface area (Å²) in [6.45, 7) is 5.82. The second-order valence-corrected chi connectivity index (χ2v) is 5.44. The van der Waals surface area contributed by atoms with Gasteiger partial charge in [-0.25, -0.2) is 13.6 Å². The Morgan fingerprint density at radius 1 is 1.47 bits per heavy atom. The normalized spacial score (nSPS) is 25.5. The lowest BCUT2D eigenvalue weighted by Crippen LogP contribution is -2.36. The van der Waals surface area contributed by atoms with E-state index in [1.807, 2.05) is 0 Å². The van der Waals surface area contributed by atoms with Crippen molar-refractivity contribution in [3.8, 4) is 0 Å². The molecule has 2 N–H and O–H groups in total. The van der Waals surface area contributed by atoms with E-state index in [1.165, 1.54) is 4.90 Å². The highest BCUT2D eigenvalue weighted by molar-refractivity contribution is 5.68. The molecule has 6 heteroatoms. The zero-order valence-corrected chi connectivity index (χ0v) is 10.5. The first-order valence-electron chi connectivity index (χ1n) is 5.70. The van der Waals surface area contributed by atoms with Gasteiger partial charge >= 0.3 is 6.09 Å². The van der Waals surface area contributed by atoms with Gasteiger partial charge in [0.2, 0.25) is 6.43 Å². The lowest BCUT2D eigenvalue weighted by atomic mass is 10.0. The molecule has 0 aromatic heterocycles. The van der Waals surface area contributed by atoms with Gasteiger partial charge in [-0.15, -0.1) is 0 Å². The van der Waals surface area contributed by atoms with Crippen LogP contribution in [0.2, 0.25) is 0 Å². The minimum absolute atomic E-state index is 0.250. The van der Waals surface area contributed by atoms with Crippen molar-refractivity contribution in [3.05, 3.63) is 0 Å². The van der Waals surface area contributed by atoms with Crippen LogP contribution in [0, 0.1) is 5.92 Å². The molecule has 0 saturated carbocycles. The van der Waals surface area contributed by atoms with Crippen LogP contribution in [0.5, 0.6) is 0 Å². The summed E-state index contributed by atoms with van der Waals surface area (Å²) in [6, 6.07) is -0.392. The van der Waals surface area contributed by atoms with Crippen molar-refractivity contribution in [2.75, 3.05) is 13.1 Å². The quantitative estimate of drug-likeness (QED) is 0.813. The van der Waals surface area contributed by atoms with Gasteiger partial charge in [0.1, 0.15) is 5.60 Å². The van der Waals surface area contributed by atoms with Crippen LogP contribution in [-0.4, -0.2) is 42.2 Å². The van der Waals surface area contributed by atoms with Crippen LogP contribution in [0.3, 0.4) is 0 Å². The molecule has 0 bridgehead atoms. The lowest BCUT2D eigenvalue weighted by Gasteiger charge is -2.24. The van der Waals surface area contributed by atoms with Gasteiger partial charge in [0, 0.05) is 25.6 Å². The minimum atomic E-state index is -2.38. The first kappa shape index (κ1) is 14.2. The third kappa shape index (κ3) is 4.46. The standard InChI is InChI=1S/C11H20F2N2O2/c1-11(2,3)17-10(16)15-5-7(4-9(12)13)8(14)6-15/h7-9H,4-6,14H2,1-3H3/t7-,8-/m0/s1. The first-order chi connectivity index (χ1) is 7.69. The van der Waals surface area contributed by atoms with Crippen LogP contribution < -0.4 is 5.73 Å². The van der Waals surface area contributed by atoms with Gasteiger partial charge in [-0.1, -0.05) is 0 Å². The zero-order chi connectivity index (χ0) is 13.2. The molecular weight excluding hydrogens is 230 g/mol. The van der Waals surface area contributed by atoms with Crippen LogP contribution in [0.1, 0.15) is 27.2 Å². The van der Waals surface area contributed by atoms with Crippen molar-refractivity contribution < 1.29 is 18.3 Å². The molecule has 1 rings (SSSR count). The number of nitrogens with two attached hydrogens (primary N) is 1. The number of hydrogen-bond acceptors (Lipinski definition) is 3. The summed E-state index contributed by atoms with van der Waals surface area (Å²) in [4.78, 5) is 13.1. The molecule has 1 saturated heterocycles. The molecule has 0 aromatic carbocycles. The Kier molecular flexibility index (Phi) is 4.30. The molecule has 17 heavy (non-hydrogen) atoms. The van der Waals surface area contributed by atoms with Crippen molar-refractivity contribution in [2.45, 2.75) is 45.3 Å². The molecule has 0 unspecified atom stereocenters. The van der Waals surface area contributed by atoms with E-state index in [4.69, 9.17) is 10.5 Å². The Morgan fingerprint density at radius 3 is 2.53 bits per heavy atom. The summed E-state index contributed by atoms with van der Waals surface area (Å²) in [7, 11) is 0. The second-order valence-electron chi connectivity index (χ2n) is 5.44. The summed E-state index contributed by atoms with van der Waals surface area (Å²) in [6.07, 6.45) is -3.13. The summed E-state index contributed by atoms with van der Waals surface area (Å²) in [5.74, 6) is -0.345. The first-order valence-corrected chi connectivity index (χ1v) is 5.70. The van der Waals surface area contributed by atoms with Crippen molar-refractivity contribution in [3.63, 3.8) is 0 Å². The molecule has 4 nitrogen and oxygen atoms in total. The number of nitrogens with zero attached hydrogens (tertiary/aromatic N) is 1. The molecule has 2 atom stereocenters. The van der Waals surface area contributed by atoms with Gasteiger partial charge in [0.15, 0.2) is 0 Å². The highest BCUT2D eigenvalue weighted by Gasteiger charge is 2.36. The molecule has 1 fully saturated rings. The fourth-order valence-corrected chi connectivity index (χ4v) is 1.85. The van der Waals surface area contributed by atoms with Crippen molar-refractivity contribution in [1.82, 2.24) is 4.90 Å². The molecule has 0 aliphatic carbocycles. The number of likely N-dealkylation sites (tertiary alicyclic amines) is 1. The molecule has 100 valence electrons. The molecule has 0 aromatic rings. The molecular formula is C11H20F2N2O2. The number of amides is 1. The van der Waals surface area contributed by atoms with Crippen LogP contribution in [-0.2, 0) is 4.74 Å². The summed E-state index contributed by atoms with van der Waals surface area (Å²) in [5, 5.41) is 0. The highest BCUT2D eigenvalue weighted by atomic mass is 19.3. The van der Waals surface area contributed by atoms with E-state index in [1.54, 1.807) is 20.8 Å². The van der Waals surface area contributed by atoms with Gasteiger partial charge in [0.25, 0.3) is 0 Å². The molecule has 0 radical (unpaired) electrons. The third-order valence-electron chi connectivity index (χ3n) is 2.62. The number of ether oxygens (including phenoxy) is 1. The second kappa shape index (κ2) is 5.16. The predicted molar refractivity (Wildman–Crippen MR) is 59.9 cm³/mol. The van der Waals surface area contributed by atoms with Crippen molar-refractivity contribution >= 4 is 6.09 Å². The fraction of sp³-hybridized carbons (Fsp3) is 0.909. The maximum atomic E-state index is 12.3. The molecule has 1 amide bonds. The molecule has 0 spiro atoms. The van der Waals surface area contributed by atoms with Crippen LogP contribution in [0.25, 0.3) is 0 Å². The van der Waals surface area contributed by atoms with Gasteiger partial charge in [0.05, 0.1) is 0 Å². The van der Waals surface area contributed by atoms with E-state index in [0.717, 1.165) is 0 Å². The maximum Gasteiger partial charge on any atom is 0.410 e. The van der Waals surface area contributed by atoms with Crippen molar-refractivity contribution in [1.29, 1.82) is 0 Å². The fourth-order valence-electron chi connectivity index (χ4n) is 1.85. The van der Waals surface area contributed by atoms with Crippen LogP contribution in [0.15, 0.2) is 0 Å². The molecule has 1 heterocycles. The molecule has 1 aliphatic heterocycles. The number of halogens is 2. The van der Waals surface area contributed by atoms with E-state index < -0.39 is 24.2 Å². The number of alkyl halides is 2. The average molecular weight is 250 g/mol. The Balaban J connectivity index is 2.51. The Labute approximate surface area is 100 Å². The monoisotopic (exact) mass is 250 g/mol. The minimum Gasteiger partial charge on any atom is -0.444 e. The van der Waals surface area contributed by atoms with Crippen LogP contribution in [0.4, 0.5) is 13.6 Å². The summed E-state index contributed by atoms with van der Waals surface area (Å²) < 4.78 is 29.7. The number of carbonyl (C=O) groups excluding carboxylic acids is 1. The van der Waals surface area contributed by atoms with Crippen LogP contribution >= 0.6 is 0 Å². The Morgan fingerprint density at radius 2 is 2.06 bits per heavy atom. The number of hydrogen-bond donors (Lipinski definition) is 1. The average Bonchev–Trinajstić information content (AvgIpc) is 2.44. The number of rotatable bonds is 2. The van der Waals surface area contributed by atoms with Gasteiger partial charge < -0.3 is 15.4 Å².